The zero-order valence-corrected chi connectivity index (χ0v) is 17.4. The quantitative estimate of drug-likeness (QED) is 0.747. The lowest BCUT2D eigenvalue weighted by Crippen LogP contribution is -2.47. The molecule has 0 unspecified atom stereocenters. The van der Waals surface area contributed by atoms with E-state index >= 15 is 0 Å². The van der Waals surface area contributed by atoms with E-state index in [1.165, 1.54) is 18.5 Å². The minimum Gasteiger partial charge on any atom is -0.444 e. The summed E-state index contributed by atoms with van der Waals surface area (Å²) in [5, 5.41) is 0. The largest absolute Gasteiger partial charge is 0.444 e. The third kappa shape index (κ3) is 4.15. The number of hydrogen-bond acceptors (Lipinski definition) is 6. The van der Waals surface area contributed by atoms with Gasteiger partial charge in [0.25, 0.3) is 0 Å². The van der Waals surface area contributed by atoms with Crippen LogP contribution in [0.2, 0.25) is 0 Å². The first-order chi connectivity index (χ1) is 14.2. The molecule has 7 nitrogen and oxygen atoms in total. The van der Waals surface area contributed by atoms with Crippen LogP contribution in [0.1, 0.15) is 32.0 Å². The van der Waals surface area contributed by atoms with Crippen molar-refractivity contribution in [2.24, 2.45) is 0 Å². The van der Waals surface area contributed by atoms with E-state index in [9.17, 15) is 13.6 Å². The van der Waals surface area contributed by atoms with Gasteiger partial charge in [-0.05, 0) is 32.9 Å². The molecule has 1 amide bonds. The number of rotatable bonds is 2. The van der Waals surface area contributed by atoms with Crippen LogP contribution in [0.3, 0.4) is 0 Å². The highest BCUT2D eigenvalue weighted by Gasteiger charge is 2.32. The number of carbonyl (C=O) groups is 1. The van der Waals surface area contributed by atoms with Crippen LogP contribution in [0.5, 0.6) is 0 Å². The second-order valence-corrected chi connectivity index (χ2v) is 8.53. The maximum Gasteiger partial charge on any atom is 0.410 e. The Morgan fingerprint density at radius 3 is 2.40 bits per heavy atom. The normalized spacial score (nSPS) is 16.6. The standard InChI is InChI=1S/C21H25F2N5O2/c1-21(2,3)30-20(29)28-11-15-17(12-28)24-13-25-19(15)27-8-6-26(7-9-27)18-5-4-14(22)10-16(18)23/h4-5,10,13H,6-9,11-12H2,1-3H3. The molecule has 1 saturated heterocycles. The maximum absolute atomic E-state index is 14.1. The third-order valence-electron chi connectivity index (χ3n) is 5.18. The molecule has 4 rings (SSSR count). The molecule has 2 aliphatic rings. The van der Waals surface area contributed by atoms with E-state index in [0.29, 0.717) is 45.0 Å². The highest BCUT2D eigenvalue weighted by Crippen LogP contribution is 2.31. The molecular weight excluding hydrogens is 392 g/mol. The number of nitrogens with zero attached hydrogens (tertiary/aromatic N) is 5. The summed E-state index contributed by atoms with van der Waals surface area (Å²) >= 11 is 0. The van der Waals surface area contributed by atoms with E-state index in [1.807, 2.05) is 25.7 Å². The van der Waals surface area contributed by atoms with Crippen LogP contribution in [0.25, 0.3) is 0 Å². The lowest BCUT2D eigenvalue weighted by molar-refractivity contribution is 0.0241. The number of amides is 1. The van der Waals surface area contributed by atoms with Crippen molar-refractivity contribution in [2.45, 2.75) is 39.5 Å². The minimum absolute atomic E-state index is 0.372. The highest BCUT2D eigenvalue weighted by molar-refractivity contribution is 5.70. The number of benzene rings is 1. The topological polar surface area (TPSA) is 61.8 Å². The summed E-state index contributed by atoms with van der Waals surface area (Å²) in [5.74, 6) is -0.342. The number of halogens is 2. The number of piperazine rings is 1. The average molecular weight is 417 g/mol. The van der Waals surface area contributed by atoms with E-state index in [-0.39, 0.29) is 6.09 Å². The Hall–Kier alpha value is -2.97. The third-order valence-corrected chi connectivity index (χ3v) is 5.18. The van der Waals surface area contributed by atoms with Crippen LogP contribution in [-0.4, -0.2) is 52.7 Å². The molecule has 0 spiro atoms. The average Bonchev–Trinajstić information content (AvgIpc) is 3.12. The molecule has 2 aliphatic heterocycles. The summed E-state index contributed by atoms with van der Waals surface area (Å²) in [5.41, 5.74) is 1.58. The van der Waals surface area contributed by atoms with Crippen LogP contribution in [0.15, 0.2) is 24.5 Å². The number of aromatic nitrogens is 2. The summed E-state index contributed by atoms with van der Waals surface area (Å²) in [4.78, 5) is 26.9. The Labute approximate surface area is 174 Å². The number of anilines is 2. The minimum atomic E-state index is -0.582. The Morgan fingerprint density at radius 1 is 1.03 bits per heavy atom. The summed E-state index contributed by atoms with van der Waals surface area (Å²) in [6.07, 6.45) is 1.14. The molecular formula is C21H25F2N5O2. The van der Waals surface area contributed by atoms with Crippen molar-refractivity contribution in [3.05, 3.63) is 47.4 Å². The number of ether oxygens (including phenoxy) is 1. The van der Waals surface area contributed by atoms with Crippen molar-refractivity contribution in [3.63, 3.8) is 0 Å². The smallest absolute Gasteiger partial charge is 0.410 e. The molecule has 0 aliphatic carbocycles. The predicted molar refractivity (Wildman–Crippen MR) is 108 cm³/mol. The maximum atomic E-state index is 14.1. The first-order valence-corrected chi connectivity index (χ1v) is 9.97. The van der Waals surface area contributed by atoms with Gasteiger partial charge in [0.2, 0.25) is 0 Å². The molecule has 3 heterocycles. The van der Waals surface area contributed by atoms with E-state index in [0.717, 1.165) is 23.1 Å². The van der Waals surface area contributed by atoms with Gasteiger partial charge in [0.1, 0.15) is 29.4 Å². The molecule has 0 bridgehead atoms. The zero-order valence-electron chi connectivity index (χ0n) is 17.4. The summed E-state index contributed by atoms with van der Waals surface area (Å²) in [6, 6.07) is 3.65. The van der Waals surface area contributed by atoms with Crippen LogP contribution >= 0.6 is 0 Å². The zero-order chi connectivity index (χ0) is 21.5. The molecule has 1 aromatic heterocycles. The molecule has 160 valence electrons. The first kappa shape index (κ1) is 20.3. The van der Waals surface area contributed by atoms with Gasteiger partial charge < -0.3 is 14.5 Å². The monoisotopic (exact) mass is 417 g/mol. The van der Waals surface area contributed by atoms with Gasteiger partial charge in [-0.15, -0.1) is 0 Å². The number of fused-ring (bicyclic) bond motifs is 1. The fraction of sp³-hybridized carbons (Fsp3) is 0.476. The number of hydrogen-bond donors (Lipinski definition) is 0. The lowest BCUT2D eigenvalue weighted by Gasteiger charge is -2.37. The van der Waals surface area contributed by atoms with Gasteiger partial charge >= 0.3 is 6.09 Å². The van der Waals surface area contributed by atoms with Gasteiger partial charge in [0, 0.05) is 37.8 Å². The van der Waals surface area contributed by atoms with Crippen molar-refractivity contribution in [1.82, 2.24) is 14.9 Å². The van der Waals surface area contributed by atoms with Crippen molar-refractivity contribution in [3.8, 4) is 0 Å². The molecule has 2 aromatic rings. The fourth-order valence-corrected chi connectivity index (χ4v) is 3.79. The second kappa shape index (κ2) is 7.70. The lowest BCUT2D eigenvalue weighted by atomic mass is 10.2. The van der Waals surface area contributed by atoms with Crippen LogP contribution in [0.4, 0.5) is 25.1 Å². The number of carbonyl (C=O) groups excluding carboxylic acids is 1. The highest BCUT2D eigenvalue weighted by atomic mass is 19.1. The van der Waals surface area contributed by atoms with Gasteiger partial charge in [-0.3, -0.25) is 4.90 Å². The summed E-state index contributed by atoms with van der Waals surface area (Å²) in [6.45, 7) is 8.72. The van der Waals surface area contributed by atoms with E-state index in [4.69, 9.17) is 4.74 Å². The second-order valence-electron chi connectivity index (χ2n) is 8.53. The van der Waals surface area contributed by atoms with E-state index in [2.05, 4.69) is 14.9 Å². The molecule has 0 N–H and O–H groups in total. The van der Waals surface area contributed by atoms with Crippen molar-refractivity contribution in [2.75, 3.05) is 36.0 Å². The van der Waals surface area contributed by atoms with Gasteiger partial charge in [0.05, 0.1) is 24.5 Å². The molecule has 9 heteroatoms. The summed E-state index contributed by atoms with van der Waals surface area (Å²) < 4.78 is 32.8. The Bertz CT molecular complexity index is 955. The van der Waals surface area contributed by atoms with Crippen LogP contribution < -0.4 is 9.80 Å². The van der Waals surface area contributed by atoms with Gasteiger partial charge in [-0.2, -0.15) is 0 Å². The molecule has 1 aromatic carbocycles. The van der Waals surface area contributed by atoms with Crippen molar-refractivity contribution >= 4 is 17.6 Å². The molecule has 0 radical (unpaired) electrons. The van der Waals surface area contributed by atoms with E-state index < -0.39 is 17.2 Å². The Morgan fingerprint density at radius 2 is 1.73 bits per heavy atom. The van der Waals surface area contributed by atoms with Gasteiger partial charge in [0.15, 0.2) is 0 Å². The van der Waals surface area contributed by atoms with E-state index in [1.54, 1.807) is 4.90 Å². The Kier molecular flexibility index (Phi) is 5.21. The van der Waals surface area contributed by atoms with Crippen LogP contribution in [0, 0.1) is 11.6 Å². The molecule has 0 atom stereocenters. The van der Waals surface area contributed by atoms with Gasteiger partial charge in [-0.1, -0.05) is 0 Å². The predicted octanol–water partition coefficient (Wildman–Crippen LogP) is 3.33. The first-order valence-electron chi connectivity index (χ1n) is 9.97. The molecule has 0 saturated carbocycles. The molecule has 30 heavy (non-hydrogen) atoms. The SMILES string of the molecule is CC(C)(C)OC(=O)N1Cc2ncnc(N3CCN(c4ccc(F)cc4F)CC3)c2C1. The van der Waals surface area contributed by atoms with Gasteiger partial charge in [-0.25, -0.2) is 23.5 Å². The Balaban J connectivity index is 1.45. The fourth-order valence-electron chi connectivity index (χ4n) is 3.79. The molecule has 1 fully saturated rings. The van der Waals surface area contributed by atoms with Crippen molar-refractivity contribution < 1.29 is 18.3 Å². The van der Waals surface area contributed by atoms with Crippen LogP contribution in [-0.2, 0) is 17.8 Å². The summed E-state index contributed by atoms with van der Waals surface area (Å²) in [7, 11) is 0. The van der Waals surface area contributed by atoms with Crippen molar-refractivity contribution in [1.29, 1.82) is 0 Å².